The van der Waals surface area contributed by atoms with Crippen molar-refractivity contribution in [2.75, 3.05) is 5.32 Å². The van der Waals surface area contributed by atoms with Gasteiger partial charge in [0.15, 0.2) is 0 Å². The quantitative estimate of drug-likeness (QED) is 0.331. The first-order valence-corrected chi connectivity index (χ1v) is 10.6. The third-order valence-corrected chi connectivity index (χ3v) is 6.25. The highest BCUT2D eigenvalue weighted by atomic mass is 32.1. The number of rotatable bonds is 4. The zero-order valence-corrected chi connectivity index (χ0v) is 17.8. The van der Waals surface area contributed by atoms with Crippen LogP contribution in [0.2, 0.25) is 0 Å². The molecule has 0 saturated heterocycles. The van der Waals surface area contributed by atoms with Gasteiger partial charge in [-0.1, -0.05) is 6.07 Å². The maximum absolute atomic E-state index is 10.3. The molecule has 0 amide bonds. The Labute approximate surface area is 178 Å². The summed E-state index contributed by atoms with van der Waals surface area (Å²) in [6.45, 7) is 5.56. The number of benzene rings is 1. The molecule has 4 aromatic heterocycles. The van der Waals surface area contributed by atoms with Gasteiger partial charge in [-0.15, -0.1) is 11.3 Å². The van der Waals surface area contributed by atoms with Gasteiger partial charge in [-0.05, 0) is 69.3 Å². The lowest BCUT2D eigenvalue weighted by Crippen LogP contribution is -2.17. The number of nitrogens with one attached hydrogen (secondary N) is 2. The molecule has 0 radical (unpaired) electrons. The standard InChI is InChI=1S/C24H22N4OS/c1-14-11-15-12-16(7-8-17(15)26-14)27-19-9-10-25-20-13-21(30-23(19)20)18-5-4-6-22(28-18)24(2,3)29/h4-13,26,29H,1-3H3,(H,25,27). The summed E-state index contributed by atoms with van der Waals surface area (Å²) in [6, 6.07) is 18.3. The van der Waals surface area contributed by atoms with Gasteiger partial charge in [-0.3, -0.25) is 4.98 Å². The highest BCUT2D eigenvalue weighted by molar-refractivity contribution is 7.22. The van der Waals surface area contributed by atoms with E-state index in [-0.39, 0.29) is 0 Å². The van der Waals surface area contributed by atoms with Gasteiger partial charge < -0.3 is 15.4 Å². The molecule has 150 valence electrons. The van der Waals surface area contributed by atoms with E-state index in [0.29, 0.717) is 5.69 Å². The Morgan fingerprint density at radius 2 is 1.93 bits per heavy atom. The first kappa shape index (κ1) is 18.8. The Morgan fingerprint density at radius 3 is 2.77 bits per heavy atom. The molecule has 30 heavy (non-hydrogen) atoms. The van der Waals surface area contributed by atoms with Crippen LogP contribution in [-0.4, -0.2) is 20.1 Å². The van der Waals surface area contributed by atoms with Crippen LogP contribution in [0, 0.1) is 6.92 Å². The molecule has 5 aromatic rings. The molecule has 0 unspecified atom stereocenters. The molecule has 4 heterocycles. The van der Waals surface area contributed by atoms with E-state index >= 15 is 0 Å². The number of pyridine rings is 2. The Kier molecular flexibility index (Phi) is 4.34. The zero-order chi connectivity index (χ0) is 20.9. The van der Waals surface area contributed by atoms with Crippen molar-refractivity contribution in [2.45, 2.75) is 26.4 Å². The van der Waals surface area contributed by atoms with Crippen molar-refractivity contribution in [3.8, 4) is 10.6 Å². The van der Waals surface area contributed by atoms with E-state index < -0.39 is 5.60 Å². The predicted molar refractivity (Wildman–Crippen MR) is 124 cm³/mol. The molecular formula is C24H22N4OS. The third kappa shape index (κ3) is 3.44. The lowest BCUT2D eigenvalue weighted by Gasteiger charge is -2.16. The van der Waals surface area contributed by atoms with E-state index in [0.717, 1.165) is 43.4 Å². The van der Waals surface area contributed by atoms with Gasteiger partial charge in [0.2, 0.25) is 0 Å². The average molecular weight is 415 g/mol. The van der Waals surface area contributed by atoms with Gasteiger partial charge in [-0.25, -0.2) is 4.98 Å². The lowest BCUT2D eigenvalue weighted by atomic mass is 10.0. The van der Waals surface area contributed by atoms with Crippen LogP contribution in [0.5, 0.6) is 0 Å². The summed E-state index contributed by atoms with van der Waals surface area (Å²) in [5.74, 6) is 0. The molecule has 1 aromatic carbocycles. The number of hydrogen-bond donors (Lipinski definition) is 3. The molecule has 5 nitrogen and oxygen atoms in total. The SMILES string of the molecule is Cc1cc2cc(Nc3ccnc4cc(-c5cccc(C(C)(C)O)n5)sc34)ccc2[nH]1. The van der Waals surface area contributed by atoms with Crippen LogP contribution < -0.4 is 5.32 Å². The van der Waals surface area contributed by atoms with Gasteiger partial charge in [-0.2, -0.15) is 0 Å². The molecule has 0 aliphatic heterocycles. The summed E-state index contributed by atoms with van der Waals surface area (Å²) < 4.78 is 1.08. The van der Waals surface area contributed by atoms with Crippen molar-refractivity contribution >= 4 is 43.8 Å². The van der Waals surface area contributed by atoms with E-state index in [1.54, 1.807) is 25.2 Å². The van der Waals surface area contributed by atoms with E-state index in [1.807, 2.05) is 30.5 Å². The van der Waals surface area contributed by atoms with Crippen molar-refractivity contribution in [2.24, 2.45) is 0 Å². The van der Waals surface area contributed by atoms with Gasteiger partial charge in [0.05, 0.1) is 32.2 Å². The van der Waals surface area contributed by atoms with Crippen molar-refractivity contribution in [1.29, 1.82) is 0 Å². The summed E-state index contributed by atoms with van der Waals surface area (Å²) in [5, 5.41) is 15.0. The monoisotopic (exact) mass is 414 g/mol. The largest absolute Gasteiger partial charge is 0.384 e. The Morgan fingerprint density at radius 1 is 1.07 bits per heavy atom. The fraction of sp³-hybridized carbons (Fsp3) is 0.167. The number of aryl methyl sites for hydroxylation is 1. The highest BCUT2D eigenvalue weighted by Crippen LogP contribution is 2.37. The van der Waals surface area contributed by atoms with Crippen LogP contribution in [0.1, 0.15) is 25.2 Å². The summed E-state index contributed by atoms with van der Waals surface area (Å²) in [7, 11) is 0. The minimum atomic E-state index is -0.979. The average Bonchev–Trinajstić information content (AvgIpc) is 3.30. The van der Waals surface area contributed by atoms with Crippen molar-refractivity contribution in [3.63, 3.8) is 0 Å². The Hall–Kier alpha value is -3.22. The molecule has 0 fully saturated rings. The normalized spacial score (nSPS) is 12.0. The van der Waals surface area contributed by atoms with Gasteiger partial charge in [0.1, 0.15) is 5.60 Å². The molecular weight excluding hydrogens is 392 g/mol. The maximum Gasteiger partial charge on any atom is 0.101 e. The number of H-pyrrole nitrogens is 1. The maximum atomic E-state index is 10.3. The molecule has 0 spiro atoms. The number of nitrogens with zero attached hydrogens (tertiary/aromatic N) is 2. The van der Waals surface area contributed by atoms with E-state index in [1.165, 1.54) is 5.39 Å². The molecule has 3 N–H and O–H groups in total. The van der Waals surface area contributed by atoms with Crippen molar-refractivity contribution in [3.05, 3.63) is 72.2 Å². The first-order valence-electron chi connectivity index (χ1n) is 9.82. The third-order valence-electron chi connectivity index (χ3n) is 5.07. The number of aromatic nitrogens is 3. The molecule has 6 heteroatoms. The minimum absolute atomic E-state index is 0.652. The second-order valence-corrected chi connectivity index (χ2v) is 9.08. The Balaban J connectivity index is 1.53. The molecule has 0 aliphatic carbocycles. The van der Waals surface area contributed by atoms with Crippen LogP contribution in [0.4, 0.5) is 11.4 Å². The van der Waals surface area contributed by atoms with Crippen molar-refractivity contribution in [1.82, 2.24) is 15.0 Å². The highest BCUT2D eigenvalue weighted by Gasteiger charge is 2.19. The second kappa shape index (κ2) is 6.93. The van der Waals surface area contributed by atoms with Crippen molar-refractivity contribution < 1.29 is 5.11 Å². The fourth-order valence-electron chi connectivity index (χ4n) is 3.59. The summed E-state index contributed by atoms with van der Waals surface area (Å²) in [5.41, 5.74) is 5.77. The lowest BCUT2D eigenvalue weighted by molar-refractivity contribution is 0.0740. The van der Waals surface area contributed by atoms with Gasteiger partial charge >= 0.3 is 0 Å². The molecule has 5 rings (SSSR count). The number of fused-ring (bicyclic) bond motifs is 2. The molecule has 0 bridgehead atoms. The van der Waals surface area contributed by atoms with Crippen LogP contribution in [0.3, 0.4) is 0 Å². The number of hydrogen-bond acceptors (Lipinski definition) is 5. The van der Waals surface area contributed by atoms with E-state index in [9.17, 15) is 5.11 Å². The fourth-order valence-corrected chi connectivity index (χ4v) is 4.64. The number of anilines is 2. The smallest absolute Gasteiger partial charge is 0.101 e. The van der Waals surface area contributed by atoms with Crippen LogP contribution in [-0.2, 0) is 5.60 Å². The first-order chi connectivity index (χ1) is 14.4. The van der Waals surface area contributed by atoms with E-state index in [2.05, 4.69) is 57.5 Å². The minimum Gasteiger partial charge on any atom is -0.384 e. The predicted octanol–water partition coefficient (Wildman–Crippen LogP) is 6.12. The summed E-state index contributed by atoms with van der Waals surface area (Å²) in [4.78, 5) is 13.6. The van der Waals surface area contributed by atoms with E-state index in [4.69, 9.17) is 0 Å². The topological polar surface area (TPSA) is 73.8 Å². The summed E-state index contributed by atoms with van der Waals surface area (Å²) in [6.07, 6.45) is 1.82. The molecule has 0 atom stereocenters. The van der Waals surface area contributed by atoms with Gasteiger partial charge in [0, 0.05) is 28.5 Å². The van der Waals surface area contributed by atoms with Gasteiger partial charge in [0.25, 0.3) is 0 Å². The second-order valence-electron chi connectivity index (χ2n) is 8.03. The zero-order valence-electron chi connectivity index (χ0n) is 17.0. The van der Waals surface area contributed by atoms with Crippen LogP contribution >= 0.6 is 11.3 Å². The van der Waals surface area contributed by atoms with Crippen LogP contribution in [0.15, 0.2) is 60.8 Å². The number of aliphatic hydroxyl groups is 1. The van der Waals surface area contributed by atoms with Crippen LogP contribution in [0.25, 0.3) is 31.7 Å². The molecule has 0 saturated carbocycles. The summed E-state index contributed by atoms with van der Waals surface area (Å²) >= 11 is 1.65. The Bertz CT molecular complexity index is 1380. The number of thiophene rings is 1. The number of aromatic amines is 1. The molecule has 0 aliphatic rings.